The average molecular weight is 372 g/mol. The Morgan fingerprint density at radius 3 is 2.55 bits per heavy atom. The summed E-state index contributed by atoms with van der Waals surface area (Å²) in [4.78, 5) is 4.53. The Morgan fingerprint density at radius 2 is 1.82 bits per heavy atom. The van der Waals surface area contributed by atoms with Crippen LogP contribution in [0.3, 0.4) is 0 Å². The molecule has 0 saturated heterocycles. The van der Waals surface area contributed by atoms with Gasteiger partial charge in [-0.1, -0.05) is 57.9 Å². The van der Waals surface area contributed by atoms with Crippen molar-refractivity contribution in [1.82, 2.24) is 4.98 Å². The van der Waals surface area contributed by atoms with E-state index in [0.29, 0.717) is 0 Å². The number of aromatic nitrogens is 1. The van der Waals surface area contributed by atoms with Crippen LogP contribution in [0.4, 0.5) is 5.13 Å². The smallest absolute Gasteiger partial charge is 0.203 e. The lowest BCUT2D eigenvalue weighted by molar-refractivity contribution is 1.29. The molecule has 0 bridgehead atoms. The quantitative estimate of drug-likeness (QED) is 0.497. The van der Waals surface area contributed by atoms with Gasteiger partial charge in [-0.15, -0.1) is 11.3 Å². The first-order chi connectivity index (χ1) is 10.7. The summed E-state index contributed by atoms with van der Waals surface area (Å²) < 4.78 is 1.06. The molecule has 1 aromatic heterocycles. The fourth-order valence-corrected chi connectivity index (χ4v) is 2.83. The van der Waals surface area contributed by atoms with Gasteiger partial charge < -0.3 is 0 Å². The van der Waals surface area contributed by atoms with E-state index in [1.807, 2.05) is 41.8 Å². The second-order valence-electron chi connectivity index (χ2n) is 4.83. The molecule has 5 heteroatoms. The van der Waals surface area contributed by atoms with E-state index in [2.05, 4.69) is 50.5 Å². The highest BCUT2D eigenvalue weighted by atomic mass is 79.9. The number of anilines is 1. The number of hydrogen-bond donors (Lipinski definition) is 1. The average Bonchev–Trinajstić information content (AvgIpc) is 2.99. The van der Waals surface area contributed by atoms with Crippen LogP contribution in [0, 0.1) is 6.92 Å². The molecule has 0 fully saturated rings. The summed E-state index contributed by atoms with van der Waals surface area (Å²) in [5, 5.41) is 7.03. The molecule has 0 unspecified atom stereocenters. The Labute approximate surface area is 141 Å². The minimum Gasteiger partial charge on any atom is -0.253 e. The Hall–Kier alpha value is -1.98. The lowest BCUT2D eigenvalue weighted by atomic mass is 10.2. The first kappa shape index (κ1) is 14.9. The van der Waals surface area contributed by atoms with E-state index in [4.69, 9.17) is 0 Å². The molecule has 0 spiro atoms. The van der Waals surface area contributed by atoms with E-state index in [1.54, 1.807) is 6.21 Å². The molecule has 3 rings (SSSR count). The van der Waals surface area contributed by atoms with Crippen LogP contribution in [-0.4, -0.2) is 11.2 Å². The zero-order chi connectivity index (χ0) is 15.4. The third kappa shape index (κ3) is 3.81. The van der Waals surface area contributed by atoms with Crippen LogP contribution >= 0.6 is 27.3 Å². The number of rotatable bonds is 4. The van der Waals surface area contributed by atoms with Gasteiger partial charge in [-0.2, -0.15) is 5.10 Å². The summed E-state index contributed by atoms with van der Waals surface area (Å²) in [5.74, 6) is 0. The number of nitrogens with one attached hydrogen (secondary N) is 1. The van der Waals surface area contributed by atoms with Crippen molar-refractivity contribution in [2.24, 2.45) is 5.10 Å². The van der Waals surface area contributed by atoms with Gasteiger partial charge in [0.1, 0.15) is 0 Å². The van der Waals surface area contributed by atoms with Crippen LogP contribution in [0.25, 0.3) is 11.3 Å². The molecule has 3 aromatic rings. The third-order valence-corrected chi connectivity index (χ3v) is 4.37. The highest BCUT2D eigenvalue weighted by molar-refractivity contribution is 9.10. The summed E-state index contributed by atoms with van der Waals surface area (Å²) in [7, 11) is 0. The topological polar surface area (TPSA) is 37.3 Å². The summed E-state index contributed by atoms with van der Waals surface area (Å²) in [6.45, 7) is 2.07. The Bertz CT molecular complexity index is 776. The van der Waals surface area contributed by atoms with Crippen molar-refractivity contribution in [1.29, 1.82) is 0 Å². The lowest BCUT2D eigenvalue weighted by Gasteiger charge is -1.97. The summed E-state index contributed by atoms with van der Waals surface area (Å²) in [6.07, 6.45) is 1.79. The van der Waals surface area contributed by atoms with Gasteiger partial charge in [0.2, 0.25) is 5.13 Å². The van der Waals surface area contributed by atoms with Gasteiger partial charge in [0.05, 0.1) is 11.9 Å². The SMILES string of the molecule is Cc1ccc(/C=N/Nc2nc(-c3ccc(Br)cc3)cs2)cc1. The number of hydrogen-bond acceptors (Lipinski definition) is 4. The van der Waals surface area contributed by atoms with Gasteiger partial charge in [-0.25, -0.2) is 4.98 Å². The standard InChI is InChI=1S/C17H14BrN3S/c1-12-2-4-13(5-3-12)10-19-21-17-20-16(11-22-17)14-6-8-15(18)9-7-14/h2-11H,1H3,(H,20,21)/b19-10+. The minimum atomic E-state index is 0.779. The predicted molar refractivity (Wildman–Crippen MR) is 97.6 cm³/mol. The first-order valence-corrected chi connectivity index (χ1v) is 8.45. The number of hydrazone groups is 1. The summed E-state index contributed by atoms with van der Waals surface area (Å²) >= 11 is 4.97. The van der Waals surface area contributed by atoms with Crippen LogP contribution in [0.1, 0.15) is 11.1 Å². The third-order valence-electron chi connectivity index (χ3n) is 3.10. The maximum Gasteiger partial charge on any atom is 0.203 e. The molecular formula is C17H14BrN3S. The molecule has 0 amide bonds. The van der Waals surface area contributed by atoms with Crippen molar-refractivity contribution in [3.63, 3.8) is 0 Å². The van der Waals surface area contributed by atoms with Crippen molar-refractivity contribution in [2.45, 2.75) is 6.92 Å². The van der Waals surface area contributed by atoms with E-state index in [-0.39, 0.29) is 0 Å². The number of halogens is 1. The molecule has 0 saturated carbocycles. The first-order valence-electron chi connectivity index (χ1n) is 6.78. The lowest BCUT2D eigenvalue weighted by Crippen LogP contribution is -1.90. The molecule has 110 valence electrons. The van der Waals surface area contributed by atoms with Gasteiger partial charge in [0.25, 0.3) is 0 Å². The molecule has 1 heterocycles. The normalized spacial score (nSPS) is 11.0. The molecule has 0 aliphatic carbocycles. The van der Waals surface area contributed by atoms with E-state index < -0.39 is 0 Å². The van der Waals surface area contributed by atoms with E-state index in [0.717, 1.165) is 26.4 Å². The molecule has 2 aromatic carbocycles. The monoisotopic (exact) mass is 371 g/mol. The molecule has 3 nitrogen and oxygen atoms in total. The van der Waals surface area contributed by atoms with Crippen molar-refractivity contribution in [3.05, 3.63) is 69.5 Å². The molecule has 1 N–H and O–H groups in total. The zero-order valence-electron chi connectivity index (χ0n) is 12.0. The van der Waals surface area contributed by atoms with Crippen molar-refractivity contribution < 1.29 is 0 Å². The van der Waals surface area contributed by atoms with Gasteiger partial charge in [-0.3, -0.25) is 5.43 Å². The molecule has 0 radical (unpaired) electrons. The van der Waals surface area contributed by atoms with Crippen LogP contribution in [0.5, 0.6) is 0 Å². The Morgan fingerprint density at radius 1 is 1.09 bits per heavy atom. The van der Waals surface area contributed by atoms with E-state index in [1.165, 1.54) is 16.9 Å². The Balaban J connectivity index is 1.66. The van der Waals surface area contributed by atoms with Crippen LogP contribution in [-0.2, 0) is 0 Å². The van der Waals surface area contributed by atoms with Crippen LogP contribution in [0.15, 0.2) is 63.5 Å². The highest BCUT2D eigenvalue weighted by Gasteiger charge is 2.03. The Kier molecular flexibility index (Phi) is 4.65. The molecule has 0 aliphatic rings. The van der Waals surface area contributed by atoms with E-state index >= 15 is 0 Å². The second-order valence-corrected chi connectivity index (χ2v) is 6.60. The maximum absolute atomic E-state index is 4.53. The molecule has 0 aliphatic heterocycles. The largest absolute Gasteiger partial charge is 0.253 e. The number of benzene rings is 2. The number of thiazole rings is 1. The maximum atomic E-state index is 4.53. The van der Waals surface area contributed by atoms with Crippen molar-refractivity contribution in [3.8, 4) is 11.3 Å². The number of nitrogens with zero attached hydrogens (tertiary/aromatic N) is 2. The molecular weight excluding hydrogens is 358 g/mol. The second kappa shape index (κ2) is 6.85. The molecule has 0 atom stereocenters. The zero-order valence-corrected chi connectivity index (χ0v) is 14.4. The van der Waals surface area contributed by atoms with Crippen molar-refractivity contribution in [2.75, 3.05) is 5.43 Å². The van der Waals surface area contributed by atoms with Gasteiger partial charge >= 0.3 is 0 Å². The number of aryl methyl sites for hydroxylation is 1. The fourth-order valence-electron chi connectivity index (χ4n) is 1.89. The minimum absolute atomic E-state index is 0.779. The van der Waals surface area contributed by atoms with Gasteiger partial charge in [0.15, 0.2) is 0 Å². The van der Waals surface area contributed by atoms with Gasteiger partial charge in [0, 0.05) is 15.4 Å². The summed E-state index contributed by atoms with van der Waals surface area (Å²) in [5.41, 5.74) is 7.32. The van der Waals surface area contributed by atoms with Crippen LogP contribution in [0.2, 0.25) is 0 Å². The van der Waals surface area contributed by atoms with Crippen molar-refractivity contribution >= 4 is 38.6 Å². The predicted octanol–water partition coefficient (Wildman–Crippen LogP) is 5.33. The van der Waals surface area contributed by atoms with E-state index in [9.17, 15) is 0 Å². The fraction of sp³-hybridized carbons (Fsp3) is 0.0588. The van der Waals surface area contributed by atoms with Gasteiger partial charge in [-0.05, 0) is 24.6 Å². The summed E-state index contributed by atoms with van der Waals surface area (Å²) in [6, 6.07) is 16.3. The van der Waals surface area contributed by atoms with Crippen LogP contribution < -0.4 is 5.43 Å². The highest BCUT2D eigenvalue weighted by Crippen LogP contribution is 2.25. The molecule has 22 heavy (non-hydrogen) atoms.